The van der Waals surface area contributed by atoms with Crippen molar-refractivity contribution in [1.29, 1.82) is 0 Å². The lowest BCUT2D eigenvalue weighted by Crippen LogP contribution is -2.20. The third-order valence-electron chi connectivity index (χ3n) is 3.77. The first-order chi connectivity index (χ1) is 8.24. The molecule has 0 amide bonds. The van der Waals surface area contributed by atoms with Crippen LogP contribution in [0, 0.1) is 11.8 Å². The van der Waals surface area contributed by atoms with E-state index in [4.69, 9.17) is 0 Å². The summed E-state index contributed by atoms with van der Waals surface area (Å²) in [6.45, 7) is 0. The van der Waals surface area contributed by atoms with Crippen molar-refractivity contribution in [3.05, 3.63) is 52.0 Å². The zero-order valence-electron chi connectivity index (χ0n) is 9.50. The van der Waals surface area contributed by atoms with E-state index in [0.29, 0.717) is 5.92 Å². The Morgan fingerprint density at radius 2 is 1.82 bits per heavy atom. The number of hydrogen-bond donors (Lipinski definition) is 0. The SMILES string of the molecule is Br/C(=C1\CC2C=CC1CC2)c1ccc(Br)cc1. The fourth-order valence-electron chi connectivity index (χ4n) is 2.81. The first-order valence-electron chi connectivity index (χ1n) is 6.07. The molecule has 3 aliphatic carbocycles. The van der Waals surface area contributed by atoms with Gasteiger partial charge in [-0.2, -0.15) is 0 Å². The minimum Gasteiger partial charge on any atom is -0.0845 e. The van der Waals surface area contributed by atoms with Gasteiger partial charge in [0.2, 0.25) is 0 Å². The van der Waals surface area contributed by atoms with Crippen molar-refractivity contribution in [2.45, 2.75) is 19.3 Å². The summed E-state index contributed by atoms with van der Waals surface area (Å²) >= 11 is 7.28. The van der Waals surface area contributed by atoms with Gasteiger partial charge in [-0.3, -0.25) is 0 Å². The van der Waals surface area contributed by atoms with Crippen molar-refractivity contribution in [2.24, 2.45) is 11.8 Å². The summed E-state index contributed by atoms with van der Waals surface area (Å²) < 4.78 is 2.45. The Morgan fingerprint density at radius 3 is 2.35 bits per heavy atom. The Hall–Kier alpha value is -0.340. The van der Waals surface area contributed by atoms with Crippen molar-refractivity contribution in [2.75, 3.05) is 0 Å². The second kappa shape index (κ2) is 4.74. The van der Waals surface area contributed by atoms with E-state index in [1.54, 1.807) is 5.57 Å². The summed E-state index contributed by atoms with van der Waals surface area (Å²) in [5.41, 5.74) is 2.88. The van der Waals surface area contributed by atoms with Crippen molar-refractivity contribution in [1.82, 2.24) is 0 Å². The Kier molecular flexibility index (Phi) is 3.27. The van der Waals surface area contributed by atoms with Crippen LogP contribution >= 0.6 is 31.9 Å². The van der Waals surface area contributed by atoms with Crippen LogP contribution in [-0.2, 0) is 0 Å². The van der Waals surface area contributed by atoms with Crippen LogP contribution in [0.25, 0.3) is 4.48 Å². The van der Waals surface area contributed by atoms with E-state index in [2.05, 4.69) is 68.3 Å². The van der Waals surface area contributed by atoms with Crippen LogP contribution in [-0.4, -0.2) is 0 Å². The third kappa shape index (κ3) is 2.30. The minimum atomic E-state index is 0.665. The molecule has 1 saturated carbocycles. The molecule has 1 fully saturated rings. The fourth-order valence-corrected chi connectivity index (χ4v) is 3.79. The molecule has 88 valence electrons. The van der Waals surface area contributed by atoms with Gasteiger partial charge >= 0.3 is 0 Å². The first-order valence-corrected chi connectivity index (χ1v) is 7.65. The number of rotatable bonds is 1. The monoisotopic (exact) mass is 352 g/mol. The molecule has 2 bridgehead atoms. The highest BCUT2D eigenvalue weighted by atomic mass is 79.9. The van der Waals surface area contributed by atoms with E-state index in [1.165, 1.54) is 29.3 Å². The zero-order valence-corrected chi connectivity index (χ0v) is 12.7. The lowest BCUT2D eigenvalue weighted by molar-refractivity contribution is 0.413. The van der Waals surface area contributed by atoms with Crippen molar-refractivity contribution < 1.29 is 0 Å². The number of hydrogen-bond acceptors (Lipinski definition) is 0. The Morgan fingerprint density at radius 1 is 1.06 bits per heavy atom. The second-order valence-electron chi connectivity index (χ2n) is 4.88. The molecule has 0 N–H and O–H groups in total. The van der Waals surface area contributed by atoms with Crippen LogP contribution in [0.5, 0.6) is 0 Å². The lowest BCUT2D eigenvalue weighted by atomic mass is 9.72. The molecule has 0 radical (unpaired) electrons. The molecular formula is C15H14Br2. The molecule has 1 aromatic rings. The molecule has 17 heavy (non-hydrogen) atoms. The zero-order chi connectivity index (χ0) is 11.8. The van der Waals surface area contributed by atoms with E-state index < -0.39 is 0 Å². The number of benzene rings is 1. The van der Waals surface area contributed by atoms with Gasteiger partial charge in [0.25, 0.3) is 0 Å². The summed E-state index contributed by atoms with van der Waals surface area (Å²) in [5.74, 6) is 1.44. The largest absolute Gasteiger partial charge is 0.0845 e. The van der Waals surface area contributed by atoms with Crippen LogP contribution in [0.1, 0.15) is 24.8 Å². The van der Waals surface area contributed by atoms with Crippen LogP contribution in [0.15, 0.2) is 46.5 Å². The molecule has 4 rings (SSSR count). The molecule has 0 heterocycles. The number of allylic oxidation sites excluding steroid dienone is 3. The topological polar surface area (TPSA) is 0 Å². The Balaban J connectivity index is 1.98. The predicted octanol–water partition coefficient (Wildman–Crippen LogP) is 5.54. The highest BCUT2D eigenvalue weighted by Gasteiger charge is 2.28. The second-order valence-corrected chi connectivity index (χ2v) is 6.59. The predicted molar refractivity (Wildman–Crippen MR) is 80.0 cm³/mol. The van der Waals surface area contributed by atoms with Crippen LogP contribution in [0.3, 0.4) is 0 Å². The van der Waals surface area contributed by atoms with Gasteiger partial charge in [-0.05, 0) is 54.4 Å². The van der Waals surface area contributed by atoms with Gasteiger partial charge in [0.15, 0.2) is 0 Å². The van der Waals surface area contributed by atoms with Gasteiger partial charge in [0.05, 0.1) is 0 Å². The maximum Gasteiger partial charge on any atom is 0.0245 e. The summed E-state index contributed by atoms with van der Waals surface area (Å²) in [7, 11) is 0. The quantitative estimate of drug-likeness (QED) is 0.581. The molecule has 0 aromatic heterocycles. The normalized spacial score (nSPS) is 29.5. The maximum absolute atomic E-state index is 3.80. The smallest absolute Gasteiger partial charge is 0.0245 e. The van der Waals surface area contributed by atoms with E-state index in [-0.39, 0.29) is 0 Å². The molecule has 3 aliphatic rings. The summed E-state index contributed by atoms with van der Waals surface area (Å²) in [4.78, 5) is 0. The van der Waals surface area contributed by atoms with Crippen LogP contribution in [0.4, 0.5) is 0 Å². The average molecular weight is 354 g/mol. The van der Waals surface area contributed by atoms with E-state index >= 15 is 0 Å². The number of fused-ring (bicyclic) bond motifs is 2. The average Bonchev–Trinajstić information content (AvgIpc) is 2.40. The van der Waals surface area contributed by atoms with E-state index in [9.17, 15) is 0 Å². The van der Waals surface area contributed by atoms with Gasteiger partial charge in [-0.1, -0.05) is 56.1 Å². The molecule has 0 nitrogen and oxygen atoms in total. The molecule has 2 unspecified atom stereocenters. The molecule has 0 aliphatic heterocycles. The van der Waals surface area contributed by atoms with Gasteiger partial charge in [-0.25, -0.2) is 0 Å². The molecule has 2 atom stereocenters. The van der Waals surface area contributed by atoms with Crippen molar-refractivity contribution >= 4 is 36.3 Å². The van der Waals surface area contributed by atoms with E-state index in [1.807, 2.05) is 0 Å². The number of halogens is 2. The summed E-state index contributed by atoms with van der Waals surface area (Å²) in [5, 5.41) is 0. The van der Waals surface area contributed by atoms with Crippen LogP contribution in [0.2, 0.25) is 0 Å². The third-order valence-corrected chi connectivity index (χ3v) is 5.27. The highest BCUT2D eigenvalue weighted by molar-refractivity contribution is 9.15. The van der Waals surface area contributed by atoms with Gasteiger partial charge in [0, 0.05) is 8.96 Å². The lowest BCUT2D eigenvalue weighted by Gasteiger charge is -2.34. The van der Waals surface area contributed by atoms with E-state index in [0.717, 1.165) is 10.4 Å². The first kappa shape index (κ1) is 11.7. The van der Waals surface area contributed by atoms with Gasteiger partial charge in [-0.15, -0.1) is 0 Å². The maximum atomic E-state index is 3.80. The summed E-state index contributed by atoms with van der Waals surface area (Å²) in [6, 6.07) is 8.56. The Bertz CT molecular complexity index is 482. The standard InChI is InChI=1S/C15H14Br2/c16-13-7-5-12(6-8-13)15(17)14-9-10-1-3-11(14)4-2-10/h1,3,5-8,10-11H,2,4,9H2/b15-14+. The van der Waals surface area contributed by atoms with Gasteiger partial charge in [0.1, 0.15) is 0 Å². The van der Waals surface area contributed by atoms with Crippen molar-refractivity contribution in [3.63, 3.8) is 0 Å². The fraction of sp³-hybridized carbons (Fsp3) is 0.333. The molecule has 1 aromatic carbocycles. The molecule has 0 spiro atoms. The molecule has 2 heteroatoms. The highest BCUT2D eigenvalue weighted by Crippen LogP contribution is 2.44. The minimum absolute atomic E-state index is 0.665. The molecule has 0 saturated heterocycles. The van der Waals surface area contributed by atoms with Crippen molar-refractivity contribution in [3.8, 4) is 0 Å². The molecular weight excluding hydrogens is 340 g/mol. The van der Waals surface area contributed by atoms with Crippen LogP contribution < -0.4 is 0 Å². The Labute approximate surface area is 119 Å². The van der Waals surface area contributed by atoms with Gasteiger partial charge < -0.3 is 0 Å². The summed E-state index contributed by atoms with van der Waals surface area (Å²) in [6.07, 6.45) is 8.72.